The number of terminal acetylenes is 1. The van der Waals surface area contributed by atoms with Crippen LogP contribution in [0.2, 0.25) is 5.02 Å². The highest BCUT2D eigenvalue weighted by molar-refractivity contribution is 6.30. The number of rotatable bonds is 1. The lowest BCUT2D eigenvalue weighted by Gasteiger charge is -1.96. The fraction of sp³-hybridized carbons (Fsp3) is 0.125. The predicted octanol–water partition coefficient (Wildman–Crippen LogP) is 2.05. The van der Waals surface area contributed by atoms with E-state index in [1.165, 1.54) is 12.3 Å². The van der Waals surface area contributed by atoms with Crippen molar-refractivity contribution in [3.63, 3.8) is 0 Å². The molecule has 1 aromatic rings. The Bertz CT molecular complexity index is 303. The molecule has 11 heavy (non-hydrogen) atoms. The molecule has 56 valence electrons. The van der Waals surface area contributed by atoms with Crippen molar-refractivity contribution in [2.24, 2.45) is 0 Å². The van der Waals surface area contributed by atoms with Crippen LogP contribution in [0.1, 0.15) is 5.56 Å². The molecule has 1 rings (SSSR count). The van der Waals surface area contributed by atoms with E-state index in [-0.39, 0.29) is 6.42 Å². The largest absolute Gasteiger partial charge is 0.226 e. The number of halogens is 2. The van der Waals surface area contributed by atoms with Crippen molar-refractivity contribution in [2.75, 3.05) is 0 Å². The van der Waals surface area contributed by atoms with Crippen LogP contribution in [0.4, 0.5) is 4.39 Å². The smallest absolute Gasteiger partial charge is 0.217 e. The van der Waals surface area contributed by atoms with E-state index in [9.17, 15) is 4.39 Å². The monoisotopic (exact) mass is 169 g/mol. The summed E-state index contributed by atoms with van der Waals surface area (Å²) in [6.07, 6.45) is 6.46. The van der Waals surface area contributed by atoms with Crippen LogP contribution in [0.15, 0.2) is 12.3 Å². The first-order chi connectivity index (χ1) is 5.24. The van der Waals surface area contributed by atoms with Gasteiger partial charge in [-0.2, -0.15) is 4.39 Å². The van der Waals surface area contributed by atoms with Gasteiger partial charge in [0.1, 0.15) is 0 Å². The number of hydrogen-bond donors (Lipinski definition) is 0. The molecule has 1 nitrogen and oxygen atoms in total. The van der Waals surface area contributed by atoms with Gasteiger partial charge in [0, 0.05) is 18.2 Å². The van der Waals surface area contributed by atoms with Gasteiger partial charge >= 0.3 is 0 Å². The molecule has 0 N–H and O–H groups in total. The third kappa shape index (κ3) is 1.92. The molecule has 0 saturated carbocycles. The van der Waals surface area contributed by atoms with Crippen LogP contribution in [-0.2, 0) is 6.42 Å². The van der Waals surface area contributed by atoms with Crippen molar-refractivity contribution in [2.45, 2.75) is 6.42 Å². The zero-order chi connectivity index (χ0) is 8.27. The van der Waals surface area contributed by atoms with Crippen molar-refractivity contribution in [3.8, 4) is 12.3 Å². The van der Waals surface area contributed by atoms with Gasteiger partial charge in [-0.25, -0.2) is 4.98 Å². The molecule has 3 heteroatoms. The number of pyridine rings is 1. The second kappa shape index (κ2) is 3.36. The van der Waals surface area contributed by atoms with Crippen LogP contribution in [0, 0.1) is 18.3 Å². The second-order valence-electron chi connectivity index (χ2n) is 1.98. The van der Waals surface area contributed by atoms with Crippen molar-refractivity contribution in [3.05, 3.63) is 28.8 Å². The molecule has 0 aliphatic heterocycles. The summed E-state index contributed by atoms with van der Waals surface area (Å²) in [5.41, 5.74) is 0.361. The first-order valence-corrected chi connectivity index (χ1v) is 3.35. The molecule has 0 atom stereocenters. The summed E-state index contributed by atoms with van der Waals surface area (Å²) < 4.78 is 12.7. The van der Waals surface area contributed by atoms with E-state index in [2.05, 4.69) is 10.9 Å². The maximum Gasteiger partial charge on any atom is 0.217 e. The van der Waals surface area contributed by atoms with Crippen molar-refractivity contribution >= 4 is 11.6 Å². The van der Waals surface area contributed by atoms with Gasteiger partial charge in [-0.15, -0.1) is 12.3 Å². The van der Waals surface area contributed by atoms with Gasteiger partial charge in [-0.1, -0.05) is 11.6 Å². The minimum absolute atomic E-state index is 0.222. The molecule has 0 spiro atoms. The van der Waals surface area contributed by atoms with Gasteiger partial charge in [0.15, 0.2) is 0 Å². The van der Waals surface area contributed by atoms with E-state index in [0.717, 1.165) is 0 Å². The van der Waals surface area contributed by atoms with Gasteiger partial charge in [0.2, 0.25) is 5.95 Å². The third-order valence-corrected chi connectivity index (χ3v) is 1.38. The molecule has 0 unspecified atom stereocenters. The molecule has 1 aromatic heterocycles. The highest BCUT2D eigenvalue weighted by Crippen LogP contribution is 2.11. The first kappa shape index (κ1) is 8.03. The summed E-state index contributed by atoms with van der Waals surface area (Å²) in [5, 5.41) is 0.400. The van der Waals surface area contributed by atoms with Crippen molar-refractivity contribution in [1.82, 2.24) is 4.98 Å². The molecule has 0 bridgehead atoms. The lowest BCUT2D eigenvalue weighted by Crippen LogP contribution is -1.91. The van der Waals surface area contributed by atoms with Crippen LogP contribution in [0.3, 0.4) is 0 Å². The highest BCUT2D eigenvalue weighted by atomic mass is 35.5. The number of hydrogen-bond acceptors (Lipinski definition) is 1. The summed E-state index contributed by atoms with van der Waals surface area (Å²) in [6.45, 7) is 0. The molecule has 0 amide bonds. The van der Waals surface area contributed by atoms with Gasteiger partial charge in [-0.3, -0.25) is 0 Å². The fourth-order valence-electron chi connectivity index (χ4n) is 0.698. The van der Waals surface area contributed by atoms with Gasteiger partial charge in [0.25, 0.3) is 0 Å². The Morgan fingerprint density at radius 2 is 2.45 bits per heavy atom. The van der Waals surface area contributed by atoms with Crippen molar-refractivity contribution in [1.29, 1.82) is 0 Å². The maximum atomic E-state index is 12.7. The summed E-state index contributed by atoms with van der Waals surface area (Å²) in [6, 6.07) is 1.48. The van der Waals surface area contributed by atoms with Gasteiger partial charge < -0.3 is 0 Å². The topological polar surface area (TPSA) is 12.9 Å². The highest BCUT2D eigenvalue weighted by Gasteiger charge is 2.01. The maximum absolute atomic E-state index is 12.7. The molecular formula is C8H5ClFN. The van der Waals surface area contributed by atoms with E-state index in [1.807, 2.05) is 0 Å². The predicted molar refractivity (Wildman–Crippen MR) is 41.7 cm³/mol. The average molecular weight is 170 g/mol. The third-order valence-electron chi connectivity index (χ3n) is 1.17. The van der Waals surface area contributed by atoms with E-state index >= 15 is 0 Å². The average Bonchev–Trinajstić information content (AvgIpc) is 1.98. The van der Waals surface area contributed by atoms with E-state index in [0.29, 0.717) is 10.6 Å². The molecular weight excluding hydrogens is 165 g/mol. The van der Waals surface area contributed by atoms with E-state index < -0.39 is 5.95 Å². The molecule has 0 fully saturated rings. The molecule has 0 aromatic carbocycles. The normalized spacial score (nSPS) is 9.18. The molecule has 0 radical (unpaired) electrons. The lowest BCUT2D eigenvalue weighted by atomic mass is 10.2. The Kier molecular flexibility index (Phi) is 2.45. The molecule has 0 aliphatic rings. The Balaban J connectivity index is 3.05. The summed E-state index contributed by atoms with van der Waals surface area (Å²) in [7, 11) is 0. The van der Waals surface area contributed by atoms with Crippen LogP contribution >= 0.6 is 11.6 Å². The summed E-state index contributed by atoms with van der Waals surface area (Å²) in [4.78, 5) is 3.40. The van der Waals surface area contributed by atoms with Crippen molar-refractivity contribution < 1.29 is 4.39 Å². The van der Waals surface area contributed by atoms with Gasteiger partial charge in [-0.05, 0) is 6.07 Å². The van der Waals surface area contributed by atoms with E-state index in [4.69, 9.17) is 18.0 Å². The number of aromatic nitrogens is 1. The Hall–Kier alpha value is -1.07. The zero-order valence-corrected chi connectivity index (χ0v) is 6.40. The summed E-state index contributed by atoms with van der Waals surface area (Å²) in [5.74, 6) is 1.76. The number of nitrogens with zero attached hydrogens (tertiary/aromatic N) is 1. The van der Waals surface area contributed by atoms with E-state index in [1.54, 1.807) is 0 Å². The molecule has 1 heterocycles. The molecule has 0 saturated heterocycles. The Morgan fingerprint density at radius 1 is 1.73 bits per heavy atom. The Morgan fingerprint density at radius 3 is 3.09 bits per heavy atom. The minimum Gasteiger partial charge on any atom is -0.226 e. The second-order valence-corrected chi connectivity index (χ2v) is 2.42. The quantitative estimate of drug-likeness (QED) is 0.463. The SMILES string of the molecule is C#CCc1cc(Cl)cnc1F. The van der Waals surface area contributed by atoms with Gasteiger partial charge in [0.05, 0.1) is 5.02 Å². The van der Waals surface area contributed by atoms with Crippen LogP contribution in [-0.4, -0.2) is 4.98 Å². The zero-order valence-electron chi connectivity index (χ0n) is 5.64. The standard InChI is InChI=1S/C8H5ClFN/c1-2-3-6-4-7(9)5-11-8(6)10/h1,4-5H,3H2. The fourth-order valence-corrected chi connectivity index (χ4v) is 0.879. The van der Waals surface area contributed by atoms with Crippen LogP contribution in [0.25, 0.3) is 0 Å². The molecule has 0 aliphatic carbocycles. The van der Waals surface area contributed by atoms with Crippen LogP contribution < -0.4 is 0 Å². The van der Waals surface area contributed by atoms with Crippen LogP contribution in [0.5, 0.6) is 0 Å². The minimum atomic E-state index is -0.549. The first-order valence-electron chi connectivity index (χ1n) is 2.97. The lowest BCUT2D eigenvalue weighted by molar-refractivity contribution is 0.571. The summed E-state index contributed by atoms with van der Waals surface area (Å²) >= 11 is 5.55. The Labute approximate surface area is 69.2 Å².